The van der Waals surface area contributed by atoms with Crippen molar-refractivity contribution in [2.75, 3.05) is 13.1 Å². The van der Waals surface area contributed by atoms with Crippen LogP contribution in [0.4, 0.5) is 0 Å². The van der Waals surface area contributed by atoms with Crippen LogP contribution in [-0.2, 0) is 0 Å². The van der Waals surface area contributed by atoms with Crippen LogP contribution >= 0.6 is 24.8 Å². The maximum absolute atomic E-state index is 12.3. The van der Waals surface area contributed by atoms with Crippen molar-refractivity contribution < 1.29 is 4.79 Å². The zero-order valence-corrected chi connectivity index (χ0v) is 12.9. The van der Waals surface area contributed by atoms with Crippen molar-refractivity contribution in [1.29, 1.82) is 0 Å². The molecule has 1 saturated heterocycles. The predicted octanol–water partition coefficient (Wildman–Crippen LogP) is 2.12. The molecule has 2 heterocycles. The molecule has 3 atom stereocenters. The van der Waals surface area contributed by atoms with Gasteiger partial charge in [0.25, 0.3) is 5.91 Å². The Balaban J connectivity index is 0.000001000. The molecule has 2 N–H and O–H groups in total. The molecule has 3 unspecified atom stereocenters. The molecular formula is C14H21Cl2N3O. The third-order valence-corrected chi connectivity index (χ3v) is 4.33. The Kier molecular flexibility index (Phi) is 6.24. The summed E-state index contributed by atoms with van der Waals surface area (Å²) in [4.78, 5) is 18.4. The van der Waals surface area contributed by atoms with Gasteiger partial charge in [0.1, 0.15) is 5.69 Å². The van der Waals surface area contributed by atoms with Gasteiger partial charge in [0.15, 0.2) is 0 Å². The first kappa shape index (κ1) is 17.2. The number of rotatable bonds is 1. The molecule has 0 radical (unpaired) electrons. The number of hydrogen-bond donors (Lipinski definition) is 1. The van der Waals surface area contributed by atoms with E-state index in [1.807, 2.05) is 17.0 Å². The molecule has 2 aliphatic rings. The Morgan fingerprint density at radius 2 is 2.05 bits per heavy atom. The van der Waals surface area contributed by atoms with Crippen molar-refractivity contribution in [1.82, 2.24) is 9.88 Å². The van der Waals surface area contributed by atoms with E-state index in [4.69, 9.17) is 5.73 Å². The van der Waals surface area contributed by atoms with Crippen LogP contribution in [0.3, 0.4) is 0 Å². The van der Waals surface area contributed by atoms with E-state index in [0.717, 1.165) is 19.5 Å². The highest BCUT2D eigenvalue weighted by molar-refractivity contribution is 5.92. The highest BCUT2D eigenvalue weighted by Gasteiger charge is 2.40. The Hall–Kier alpha value is -0.840. The SMILES string of the molecule is Cl.Cl.NC1CCCC2CN(C(=O)c3ccccn3)CC12. The molecule has 1 aliphatic carbocycles. The number of likely N-dealkylation sites (tertiary alicyclic amines) is 1. The molecule has 20 heavy (non-hydrogen) atoms. The van der Waals surface area contributed by atoms with Crippen LogP contribution in [0.1, 0.15) is 29.8 Å². The van der Waals surface area contributed by atoms with Crippen molar-refractivity contribution in [2.24, 2.45) is 17.6 Å². The fourth-order valence-electron chi connectivity index (χ4n) is 3.33. The maximum atomic E-state index is 12.3. The van der Waals surface area contributed by atoms with Crippen LogP contribution in [0.25, 0.3) is 0 Å². The van der Waals surface area contributed by atoms with E-state index in [-0.39, 0.29) is 36.8 Å². The number of carbonyl (C=O) groups excluding carboxylic acids is 1. The minimum atomic E-state index is 0. The molecule has 6 heteroatoms. The summed E-state index contributed by atoms with van der Waals surface area (Å²) in [6, 6.07) is 5.74. The molecular weight excluding hydrogens is 297 g/mol. The highest BCUT2D eigenvalue weighted by atomic mass is 35.5. The van der Waals surface area contributed by atoms with E-state index < -0.39 is 0 Å². The maximum Gasteiger partial charge on any atom is 0.272 e. The van der Waals surface area contributed by atoms with Gasteiger partial charge < -0.3 is 10.6 Å². The molecule has 1 aromatic heterocycles. The third-order valence-electron chi connectivity index (χ3n) is 4.33. The molecule has 4 nitrogen and oxygen atoms in total. The molecule has 0 spiro atoms. The molecule has 1 amide bonds. The summed E-state index contributed by atoms with van der Waals surface area (Å²) >= 11 is 0. The third kappa shape index (κ3) is 3.25. The summed E-state index contributed by atoms with van der Waals surface area (Å²) in [5.41, 5.74) is 6.71. The predicted molar refractivity (Wildman–Crippen MR) is 83.4 cm³/mol. The molecule has 3 rings (SSSR count). The van der Waals surface area contributed by atoms with Crippen LogP contribution in [0, 0.1) is 11.8 Å². The van der Waals surface area contributed by atoms with Gasteiger partial charge in [0.05, 0.1) is 0 Å². The van der Waals surface area contributed by atoms with Gasteiger partial charge >= 0.3 is 0 Å². The van der Waals surface area contributed by atoms with Crippen LogP contribution in [0.2, 0.25) is 0 Å². The molecule has 1 saturated carbocycles. The number of nitrogens with zero attached hydrogens (tertiary/aromatic N) is 2. The largest absolute Gasteiger partial charge is 0.337 e. The summed E-state index contributed by atoms with van der Waals surface area (Å²) in [5.74, 6) is 1.14. The van der Waals surface area contributed by atoms with Gasteiger partial charge in [0, 0.05) is 25.3 Å². The van der Waals surface area contributed by atoms with Gasteiger partial charge in [-0.2, -0.15) is 0 Å². The van der Waals surface area contributed by atoms with Crippen LogP contribution in [-0.4, -0.2) is 34.9 Å². The lowest BCUT2D eigenvalue weighted by Gasteiger charge is -2.29. The topological polar surface area (TPSA) is 59.2 Å². The summed E-state index contributed by atoms with van der Waals surface area (Å²) < 4.78 is 0. The van der Waals surface area contributed by atoms with Gasteiger partial charge in [-0.3, -0.25) is 9.78 Å². The fourth-order valence-corrected chi connectivity index (χ4v) is 3.33. The Bertz CT molecular complexity index is 443. The Morgan fingerprint density at radius 3 is 2.70 bits per heavy atom. The monoisotopic (exact) mass is 317 g/mol. The van der Waals surface area contributed by atoms with Gasteiger partial charge in [0.2, 0.25) is 0 Å². The number of aromatic nitrogens is 1. The van der Waals surface area contributed by atoms with Gasteiger partial charge in [-0.1, -0.05) is 12.5 Å². The normalized spacial score (nSPS) is 28.1. The second-order valence-electron chi connectivity index (χ2n) is 5.44. The van der Waals surface area contributed by atoms with Crippen LogP contribution < -0.4 is 5.73 Å². The number of amides is 1. The van der Waals surface area contributed by atoms with Crippen LogP contribution in [0.5, 0.6) is 0 Å². The molecule has 112 valence electrons. The lowest BCUT2D eigenvalue weighted by atomic mass is 9.78. The van der Waals surface area contributed by atoms with Gasteiger partial charge in [-0.05, 0) is 36.8 Å². The summed E-state index contributed by atoms with van der Waals surface area (Å²) in [7, 11) is 0. The van der Waals surface area contributed by atoms with Crippen molar-refractivity contribution in [2.45, 2.75) is 25.3 Å². The highest BCUT2D eigenvalue weighted by Crippen LogP contribution is 2.35. The van der Waals surface area contributed by atoms with Crippen molar-refractivity contribution in [3.05, 3.63) is 30.1 Å². The molecule has 2 fully saturated rings. The van der Waals surface area contributed by atoms with Crippen molar-refractivity contribution in [3.63, 3.8) is 0 Å². The summed E-state index contributed by atoms with van der Waals surface area (Å²) in [6.45, 7) is 1.66. The number of pyridine rings is 1. The molecule has 1 aliphatic heterocycles. The number of fused-ring (bicyclic) bond motifs is 1. The zero-order chi connectivity index (χ0) is 12.5. The van der Waals surface area contributed by atoms with Crippen LogP contribution in [0.15, 0.2) is 24.4 Å². The van der Waals surface area contributed by atoms with Crippen molar-refractivity contribution in [3.8, 4) is 0 Å². The van der Waals surface area contributed by atoms with Gasteiger partial charge in [-0.25, -0.2) is 0 Å². The smallest absolute Gasteiger partial charge is 0.272 e. The minimum absolute atomic E-state index is 0. The lowest BCUT2D eigenvalue weighted by Crippen LogP contribution is -2.38. The second kappa shape index (κ2) is 7.25. The fraction of sp³-hybridized carbons (Fsp3) is 0.571. The van der Waals surface area contributed by atoms with E-state index in [2.05, 4.69) is 4.98 Å². The zero-order valence-electron chi connectivity index (χ0n) is 11.3. The molecule has 1 aromatic rings. The second-order valence-corrected chi connectivity index (χ2v) is 5.44. The lowest BCUT2D eigenvalue weighted by molar-refractivity contribution is 0.0777. The van der Waals surface area contributed by atoms with E-state index in [1.165, 1.54) is 12.8 Å². The number of carbonyl (C=O) groups is 1. The number of nitrogens with two attached hydrogens (primary N) is 1. The Labute approximate surface area is 131 Å². The quantitative estimate of drug-likeness (QED) is 0.863. The van der Waals surface area contributed by atoms with Crippen molar-refractivity contribution >= 4 is 30.7 Å². The van der Waals surface area contributed by atoms with E-state index in [1.54, 1.807) is 12.3 Å². The summed E-state index contributed by atoms with van der Waals surface area (Å²) in [6.07, 6.45) is 5.19. The average molecular weight is 318 g/mol. The Morgan fingerprint density at radius 1 is 1.25 bits per heavy atom. The molecule has 0 bridgehead atoms. The summed E-state index contributed by atoms with van der Waals surface area (Å²) in [5, 5.41) is 0. The van der Waals surface area contributed by atoms with E-state index >= 15 is 0 Å². The minimum Gasteiger partial charge on any atom is -0.337 e. The van der Waals surface area contributed by atoms with Gasteiger partial charge in [-0.15, -0.1) is 24.8 Å². The first-order chi connectivity index (χ1) is 8.75. The average Bonchev–Trinajstić information content (AvgIpc) is 2.84. The standard InChI is InChI=1S/C14H19N3O.2ClH/c15-12-5-3-4-10-8-17(9-11(10)12)14(18)13-6-1-2-7-16-13;;/h1-2,6-7,10-12H,3-5,8-9,15H2;2*1H. The first-order valence-electron chi connectivity index (χ1n) is 6.71. The van der Waals surface area contributed by atoms with E-state index in [0.29, 0.717) is 17.5 Å². The first-order valence-corrected chi connectivity index (χ1v) is 6.71. The number of hydrogen-bond acceptors (Lipinski definition) is 3. The molecule has 0 aromatic carbocycles. The van der Waals surface area contributed by atoms with E-state index in [9.17, 15) is 4.79 Å². The number of halogens is 2.